The summed E-state index contributed by atoms with van der Waals surface area (Å²) in [5.41, 5.74) is 2.18. The molecule has 4 nitrogen and oxygen atoms in total. The molecule has 2 aromatic heterocycles. The molecule has 1 amide bonds. The van der Waals surface area contributed by atoms with E-state index in [0.717, 1.165) is 16.0 Å². The Kier molecular flexibility index (Phi) is 4.76. The van der Waals surface area contributed by atoms with Gasteiger partial charge < -0.3 is 10.0 Å². The Morgan fingerprint density at radius 1 is 1.30 bits per heavy atom. The lowest BCUT2D eigenvalue weighted by Gasteiger charge is -2.29. The number of likely N-dealkylation sites (tertiary alicyclic amines) is 1. The SMILES string of the molecule is CN1C(=O)C[C@H](c2ccccc2F)[C@@H]1C(O)c1csc(-c2cccnc2)c1. The maximum Gasteiger partial charge on any atom is 0.223 e. The summed E-state index contributed by atoms with van der Waals surface area (Å²) in [6, 6.07) is 11.7. The number of aliphatic hydroxyl groups is 1. The number of hydrogen-bond acceptors (Lipinski definition) is 4. The maximum atomic E-state index is 14.3. The fourth-order valence-electron chi connectivity index (χ4n) is 3.75. The monoisotopic (exact) mass is 382 g/mol. The van der Waals surface area contributed by atoms with E-state index in [4.69, 9.17) is 0 Å². The number of carbonyl (C=O) groups is 1. The predicted molar refractivity (Wildman–Crippen MR) is 103 cm³/mol. The van der Waals surface area contributed by atoms with Gasteiger partial charge in [-0.05, 0) is 34.7 Å². The summed E-state index contributed by atoms with van der Waals surface area (Å²) in [4.78, 5) is 19.0. The summed E-state index contributed by atoms with van der Waals surface area (Å²) in [5, 5.41) is 13.0. The van der Waals surface area contributed by atoms with Gasteiger partial charge in [-0.2, -0.15) is 0 Å². The minimum atomic E-state index is -0.896. The number of amides is 1. The number of likely N-dealkylation sites (N-methyl/N-ethyl adjacent to an activating group) is 1. The molecule has 3 atom stereocenters. The van der Waals surface area contributed by atoms with E-state index in [9.17, 15) is 14.3 Å². The lowest BCUT2D eigenvalue weighted by molar-refractivity contribution is -0.128. The zero-order chi connectivity index (χ0) is 19.0. The number of aliphatic hydroxyl groups excluding tert-OH is 1. The van der Waals surface area contributed by atoms with Gasteiger partial charge in [-0.3, -0.25) is 9.78 Å². The van der Waals surface area contributed by atoms with Crippen LogP contribution >= 0.6 is 11.3 Å². The van der Waals surface area contributed by atoms with Crippen molar-refractivity contribution >= 4 is 17.2 Å². The third-order valence-corrected chi connectivity index (χ3v) is 6.18. The molecule has 1 aliphatic heterocycles. The molecule has 1 fully saturated rings. The van der Waals surface area contributed by atoms with E-state index >= 15 is 0 Å². The van der Waals surface area contributed by atoms with E-state index in [1.807, 2.05) is 23.6 Å². The van der Waals surface area contributed by atoms with Crippen LogP contribution in [-0.2, 0) is 4.79 Å². The first-order valence-electron chi connectivity index (χ1n) is 8.73. The van der Waals surface area contributed by atoms with Gasteiger partial charge in [-0.15, -0.1) is 11.3 Å². The molecule has 138 valence electrons. The Labute approximate surface area is 160 Å². The topological polar surface area (TPSA) is 53.4 Å². The molecule has 0 saturated carbocycles. The average molecular weight is 382 g/mol. The standard InChI is InChI=1S/C21H19FN2O2S/c1-24-19(25)10-16(15-6-2-3-7-17(15)22)20(24)21(26)14-9-18(27-12-14)13-5-4-8-23-11-13/h2-9,11-12,16,20-21,26H,10H2,1H3/t16-,20-,21?/m1/s1. The Bertz CT molecular complexity index is 960. The number of benzene rings is 1. The van der Waals surface area contributed by atoms with Crippen LogP contribution in [0.5, 0.6) is 0 Å². The van der Waals surface area contributed by atoms with Crippen molar-refractivity contribution in [1.29, 1.82) is 0 Å². The number of aromatic nitrogens is 1. The number of pyridine rings is 1. The van der Waals surface area contributed by atoms with Crippen LogP contribution in [0.4, 0.5) is 4.39 Å². The summed E-state index contributed by atoms with van der Waals surface area (Å²) >= 11 is 1.51. The molecule has 1 saturated heterocycles. The Morgan fingerprint density at radius 3 is 2.85 bits per heavy atom. The molecule has 4 rings (SSSR count). The van der Waals surface area contributed by atoms with Gasteiger partial charge in [0, 0.05) is 42.2 Å². The third kappa shape index (κ3) is 3.26. The highest BCUT2D eigenvalue weighted by Gasteiger charge is 2.44. The van der Waals surface area contributed by atoms with Crippen LogP contribution in [0, 0.1) is 5.82 Å². The van der Waals surface area contributed by atoms with E-state index in [1.165, 1.54) is 17.4 Å². The zero-order valence-corrected chi connectivity index (χ0v) is 15.6. The van der Waals surface area contributed by atoms with Gasteiger partial charge in [0.2, 0.25) is 5.91 Å². The number of rotatable bonds is 4. The van der Waals surface area contributed by atoms with E-state index < -0.39 is 12.1 Å². The van der Waals surface area contributed by atoms with Gasteiger partial charge in [0.05, 0.1) is 6.04 Å². The summed E-state index contributed by atoms with van der Waals surface area (Å²) in [5.74, 6) is -0.820. The first-order chi connectivity index (χ1) is 13.1. The van der Waals surface area contributed by atoms with Crippen molar-refractivity contribution in [3.63, 3.8) is 0 Å². The summed E-state index contributed by atoms with van der Waals surface area (Å²) in [6.45, 7) is 0. The van der Waals surface area contributed by atoms with Crippen LogP contribution < -0.4 is 0 Å². The van der Waals surface area contributed by atoms with Crippen molar-refractivity contribution in [1.82, 2.24) is 9.88 Å². The van der Waals surface area contributed by atoms with Crippen LogP contribution in [0.25, 0.3) is 10.4 Å². The maximum absolute atomic E-state index is 14.3. The summed E-state index contributed by atoms with van der Waals surface area (Å²) in [7, 11) is 1.67. The van der Waals surface area contributed by atoms with E-state index in [1.54, 1.807) is 42.5 Å². The van der Waals surface area contributed by atoms with Gasteiger partial charge in [0.15, 0.2) is 0 Å². The zero-order valence-electron chi connectivity index (χ0n) is 14.7. The molecule has 27 heavy (non-hydrogen) atoms. The number of thiophene rings is 1. The number of halogens is 1. The van der Waals surface area contributed by atoms with Gasteiger partial charge in [0.25, 0.3) is 0 Å². The highest BCUT2D eigenvalue weighted by molar-refractivity contribution is 7.13. The molecule has 6 heteroatoms. The first kappa shape index (κ1) is 17.8. The number of hydrogen-bond donors (Lipinski definition) is 1. The quantitative estimate of drug-likeness (QED) is 0.742. The largest absolute Gasteiger partial charge is 0.386 e. The van der Waals surface area contributed by atoms with Crippen molar-refractivity contribution in [3.8, 4) is 10.4 Å². The van der Waals surface area contributed by atoms with E-state index in [2.05, 4.69) is 4.98 Å². The summed E-state index contributed by atoms with van der Waals surface area (Å²) < 4.78 is 14.3. The second-order valence-corrected chi connectivity index (χ2v) is 7.67. The second kappa shape index (κ2) is 7.21. The Hall–Kier alpha value is -2.57. The molecule has 0 aliphatic carbocycles. The minimum absolute atomic E-state index is 0.0879. The molecule has 0 bridgehead atoms. The third-order valence-electron chi connectivity index (χ3n) is 5.18. The molecule has 1 N–H and O–H groups in total. The predicted octanol–water partition coefficient (Wildman–Crippen LogP) is 4.00. The van der Waals surface area contributed by atoms with E-state index in [0.29, 0.717) is 5.56 Å². The molecular weight excluding hydrogens is 363 g/mol. The second-order valence-electron chi connectivity index (χ2n) is 6.76. The normalized spacial score (nSPS) is 20.9. The first-order valence-corrected chi connectivity index (χ1v) is 9.61. The van der Waals surface area contributed by atoms with Gasteiger partial charge in [-0.25, -0.2) is 4.39 Å². The van der Waals surface area contributed by atoms with Gasteiger partial charge in [-0.1, -0.05) is 24.3 Å². The lowest BCUT2D eigenvalue weighted by Crippen LogP contribution is -2.36. The molecule has 3 heterocycles. The Balaban J connectivity index is 1.67. The molecule has 0 spiro atoms. The van der Waals surface area contributed by atoms with Crippen molar-refractivity contribution < 1.29 is 14.3 Å². The van der Waals surface area contributed by atoms with Crippen LogP contribution in [0.3, 0.4) is 0 Å². The van der Waals surface area contributed by atoms with Crippen molar-refractivity contribution in [2.24, 2.45) is 0 Å². The fraction of sp³-hybridized carbons (Fsp3) is 0.238. The van der Waals surface area contributed by atoms with Crippen molar-refractivity contribution in [2.45, 2.75) is 24.5 Å². The van der Waals surface area contributed by atoms with E-state index in [-0.39, 0.29) is 24.1 Å². The molecule has 3 aromatic rings. The average Bonchev–Trinajstić information content (AvgIpc) is 3.28. The van der Waals surface area contributed by atoms with Crippen molar-refractivity contribution in [2.75, 3.05) is 7.05 Å². The van der Waals surface area contributed by atoms with Crippen LogP contribution in [0.15, 0.2) is 60.2 Å². The number of carbonyl (C=O) groups excluding carboxylic acids is 1. The smallest absolute Gasteiger partial charge is 0.223 e. The molecule has 1 unspecified atom stereocenters. The highest BCUT2D eigenvalue weighted by atomic mass is 32.1. The summed E-state index contributed by atoms with van der Waals surface area (Å²) in [6.07, 6.45) is 2.78. The molecule has 1 aliphatic rings. The molecule has 0 radical (unpaired) electrons. The lowest BCUT2D eigenvalue weighted by atomic mass is 9.86. The minimum Gasteiger partial charge on any atom is -0.386 e. The van der Waals surface area contributed by atoms with Crippen LogP contribution in [0.2, 0.25) is 0 Å². The van der Waals surface area contributed by atoms with Gasteiger partial charge >= 0.3 is 0 Å². The van der Waals surface area contributed by atoms with Gasteiger partial charge in [0.1, 0.15) is 11.9 Å². The molecule has 1 aromatic carbocycles. The highest BCUT2D eigenvalue weighted by Crippen LogP contribution is 2.42. The van der Waals surface area contributed by atoms with Crippen molar-refractivity contribution in [3.05, 3.63) is 77.2 Å². The Morgan fingerprint density at radius 2 is 2.11 bits per heavy atom. The van der Waals surface area contributed by atoms with Crippen LogP contribution in [0.1, 0.15) is 29.6 Å². The van der Waals surface area contributed by atoms with Crippen LogP contribution in [-0.4, -0.2) is 34.0 Å². The fourth-order valence-corrected chi connectivity index (χ4v) is 4.69. The molecular formula is C21H19FN2O2S. The number of nitrogens with zero attached hydrogens (tertiary/aromatic N) is 2.